The van der Waals surface area contributed by atoms with E-state index in [0.29, 0.717) is 26.2 Å². The van der Waals surface area contributed by atoms with Crippen molar-refractivity contribution in [3.8, 4) is 0 Å². The molecule has 6 heteroatoms. The summed E-state index contributed by atoms with van der Waals surface area (Å²) in [6.07, 6.45) is 5.16. The van der Waals surface area contributed by atoms with E-state index in [1.54, 1.807) is 23.5 Å². The van der Waals surface area contributed by atoms with Crippen molar-refractivity contribution in [3.63, 3.8) is 0 Å². The number of hydrogen-bond acceptors (Lipinski definition) is 4. The van der Waals surface area contributed by atoms with Gasteiger partial charge in [0.2, 0.25) is 11.8 Å². The second kappa shape index (κ2) is 7.42. The van der Waals surface area contributed by atoms with E-state index in [1.165, 1.54) is 6.92 Å². The maximum Gasteiger partial charge on any atom is 0.233 e. The Kier molecular flexibility index (Phi) is 5.07. The Hall–Kier alpha value is -2.76. The zero-order chi connectivity index (χ0) is 17.8. The van der Waals surface area contributed by atoms with E-state index in [0.717, 1.165) is 16.8 Å². The molecule has 0 aliphatic carbocycles. The predicted octanol–water partition coefficient (Wildman–Crippen LogP) is 1.97. The van der Waals surface area contributed by atoms with Gasteiger partial charge in [-0.05, 0) is 36.2 Å². The molecule has 1 aliphatic rings. The van der Waals surface area contributed by atoms with E-state index < -0.39 is 5.92 Å². The molecule has 0 spiro atoms. The Morgan fingerprint density at radius 3 is 2.68 bits per heavy atom. The van der Waals surface area contributed by atoms with Crippen molar-refractivity contribution in [2.45, 2.75) is 32.9 Å². The van der Waals surface area contributed by atoms with Gasteiger partial charge < -0.3 is 9.80 Å². The Bertz CT molecular complexity index is 763. The molecule has 0 saturated carbocycles. The van der Waals surface area contributed by atoms with Crippen LogP contribution in [0.2, 0.25) is 0 Å². The van der Waals surface area contributed by atoms with Crippen molar-refractivity contribution in [1.29, 1.82) is 0 Å². The Morgan fingerprint density at radius 1 is 1.24 bits per heavy atom. The summed E-state index contributed by atoms with van der Waals surface area (Å²) in [5.74, 6) is -0.440. The quantitative estimate of drug-likeness (QED) is 0.855. The standard InChI is InChI=1S/C19H22N4O2/c1-3-22(11-15-6-9-20-10-7-15)19(25)17-13-23(14(2)24)12-16-5-4-8-21-18(16)17/h4-10,17H,3,11-13H2,1-2H3. The number of carbonyl (C=O) groups excluding carboxylic acids is 2. The third-order valence-electron chi connectivity index (χ3n) is 4.58. The van der Waals surface area contributed by atoms with E-state index in [4.69, 9.17) is 0 Å². The zero-order valence-corrected chi connectivity index (χ0v) is 14.6. The number of pyridine rings is 2. The van der Waals surface area contributed by atoms with E-state index in [1.807, 2.05) is 36.1 Å². The highest BCUT2D eigenvalue weighted by molar-refractivity contribution is 5.85. The van der Waals surface area contributed by atoms with Crippen LogP contribution in [0.15, 0.2) is 42.9 Å². The smallest absolute Gasteiger partial charge is 0.233 e. The summed E-state index contributed by atoms with van der Waals surface area (Å²) in [5.41, 5.74) is 2.77. The van der Waals surface area contributed by atoms with E-state index >= 15 is 0 Å². The Balaban J connectivity index is 1.87. The number of rotatable bonds is 4. The lowest BCUT2D eigenvalue weighted by molar-refractivity contribution is -0.136. The van der Waals surface area contributed by atoms with Gasteiger partial charge in [0, 0.05) is 51.7 Å². The third kappa shape index (κ3) is 3.68. The van der Waals surface area contributed by atoms with Crippen LogP contribution in [0.5, 0.6) is 0 Å². The highest BCUT2D eigenvalue weighted by Crippen LogP contribution is 2.28. The lowest BCUT2D eigenvalue weighted by atomic mass is 9.93. The van der Waals surface area contributed by atoms with Crippen LogP contribution >= 0.6 is 0 Å². The normalized spacial score (nSPS) is 16.2. The molecule has 130 valence electrons. The van der Waals surface area contributed by atoms with Crippen molar-refractivity contribution >= 4 is 11.8 Å². The van der Waals surface area contributed by atoms with E-state index in [-0.39, 0.29) is 11.8 Å². The molecule has 0 N–H and O–H groups in total. The van der Waals surface area contributed by atoms with Crippen molar-refractivity contribution in [2.24, 2.45) is 0 Å². The number of carbonyl (C=O) groups is 2. The van der Waals surface area contributed by atoms with Gasteiger partial charge in [0.15, 0.2) is 0 Å². The minimum atomic E-state index is -0.421. The maximum absolute atomic E-state index is 13.2. The largest absolute Gasteiger partial charge is 0.338 e. The molecule has 3 heterocycles. The first-order valence-corrected chi connectivity index (χ1v) is 8.47. The maximum atomic E-state index is 13.2. The van der Waals surface area contributed by atoms with Gasteiger partial charge in [-0.2, -0.15) is 0 Å². The number of amides is 2. The molecule has 2 aromatic rings. The molecule has 2 aromatic heterocycles. The van der Waals surface area contributed by atoms with Crippen molar-refractivity contribution in [1.82, 2.24) is 19.8 Å². The van der Waals surface area contributed by atoms with Crippen molar-refractivity contribution in [3.05, 3.63) is 59.7 Å². The van der Waals surface area contributed by atoms with Crippen LogP contribution in [0.1, 0.15) is 36.6 Å². The monoisotopic (exact) mass is 338 g/mol. The van der Waals surface area contributed by atoms with Gasteiger partial charge in [-0.1, -0.05) is 6.07 Å². The number of hydrogen-bond donors (Lipinski definition) is 0. The van der Waals surface area contributed by atoms with Crippen molar-refractivity contribution < 1.29 is 9.59 Å². The van der Waals surface area contributed by atoms with Crippen LogP contribution < -0.4 is 0 Å². The average molecular weight is 338 g/mol. The summed E-state index contributed by atoms with van der Waals surface area (Å²) in [6.45, 7) is 5.52. The topological polar surface area (TPSA) is 66.4 Å². The fourth-order valence-corrected chi connectivity index (χ4v) is 3.18. The number of nitrogens with zero attached hydrogens (tertiary/aromatic N) is 4. The van der Waals surface area contributed by atoms with Crippen LogP contribution in [0.3, 0.4) is 0 Å². The molecule has 6 nitrogen and oxygen atoms in total. The first-order valence-electron chi connectivity index (χ1n) is 8.47. The SMILES string of the molecule is CCN(Cc1ccncc1)C(=O)C1CN(C(C)=O)Cc2cccnc21. The van der Waals surface area contributed by atoms with Crippen LogP contribution in [-0.2, 0) is 22.7 Å². The summed E-state index contributed by atoms with van der Waals surface area (Å²) in [7, 11) is 0. The molecule has 0 fully saturated rings. The summed E-state index contributed by atoms with van der Waals surface area (Å²) in [6, 6.07) is 7.60. The van der Waals surface area contributed by atoms with Gasteiger partial charge >= 0.3 is 0 Å². The summed E-state index contributed by atoms with van der Waals surface area (Å²) in [5, 5.41) is 0. The molecular formula is C19H22N4O2. The number of aromatic nitrogens is 2. The first kappa shape index (κ1) is 17.1. The molecule has 2 amide bonds. The fraction of sp³-hybridized carbons (Fsp3) is 0.368. The van der Waals surface area contributed by atoms with E-state index in [2.05, 4.69) is 9.97 Å². The molecule has 25 heavy (non-hydrogen) atoms. The summed E-state index contributed by atoms with van der Waals surface area (Å²) >= 11 is 0. The van der Waals surface area contributed by atoms with Gasteiger partial charge in [-0.15, -0.1) is 0 Å². The van der Waals surface area contributed by atoms with Crippen LogP contribution in [0.4, 0.5) is 0 Å². The lowest BCUT2D eigenvalue weighted by Gasteiger charge is -2.35. The summed E-state index contributed by atoms with van der Waals surface area (Å²) in [4.78, 5) is 37.1. The van der Waals surface area contributed by atoms with Gasteiger partial charge in [0.1, 0.15) is 0 Å². The predicted molar refractivity (Wildman–Crippen MR) is 93.4 cm³/mol. The van der Waals surface area contributed by atoms with Gasteiger partial charge in [0.25, 0.3) is 0 Å². The van der Waals surface area contributed by atoms with Gasteiger partial charge in [-0.3, -0.25) is 19.6 Å². The number of fused-ring (bicyclic) bond motifs is 1. The Morgan fingerprint density at radius 2 is 2.00 bits per heavy atom. The molecule has 0 bridgehead atoms. The van der Waals surface area contributed by atoms with Crippen LogP contribution in [-0.4, -0.2) is 44.7 Å². The van der Waals surface area contributed by atoms with Gasteiger partial charge in [-0.25, -0.2) is 0 Å². The molecule has 1 aliphatic heterocycles. The highest BCUT2D eigenvalue weighted by atomic mass is 16.2. The molecule has 3 rings (SSSR count). The second-order valence-electron chi connectivity index (χ2n) is 6.21. The van der Waals surface area contributed by atoms with Crippen LogP contribution in [0.25, 0.3) is 0 Å². The molecule has 0 saturated heterocycles. The summed E-state index contributed by atoms with van der Waals surface area (Å²) < 4.78 is 0. The molecule has 0 aromatic carbocycles. The molecular weight excluding hydrogens is 316 g/mol. The lowest BCUT2D eigenvalue weighted by Crippen LogP contribution is -2.44. The first-order chi connectivity index (χ1) is 12.1. The number of likely N-dealkylation sites (N-methyl/N-ethyl adjacent to an activating group) is 1. The minimum Gasteiger partial charge on any atom is -0.338 e. The molecule has 1 atom stereocenters. The van der Waals surface area contributed by atoms with Crippen molar-refractivity contribution in [2.75, 3.05) is 13.1 Å². The third-order valence-corrected chi connectivity index (χ3v) is 4.58. The fourth-order valence-electron chi connectivity index (χ4n) is 3.18. The average Bonchev–Trinajstić information content (AvgIpc) is 2.65. The van der Waals surface area contributed by atoms with Crippen LogP contribution in [0, 0.1) is 0 Å². The van der Waals surface area contributed by atoms with E-state index in [9.17, 15) is 9.59 Å². The molecule has 0 radical (unpaired) electrons. The Labute approximate surface area is 147 Å². The molecule has 1 unspecified atom stereocenters. The van der Waals surface area contributed by atoms with Gasteiger partial charge in [0.05, 0.1) is 11.6 Å². The minimum absolute atomic E-state index is 0.00483. The highest BCUT2D eigenvalue weighted by Gasteiger charge is 2.34. The zero-order valence-electron chi connectivity index (χ0n) is 14.6. The second-order valence-corrected chi connectivity index (χ2v) is 6.21.